The molecule has 1 nitrogen and oxygen atoms in total. The highest BCUT2D eigenvalue weighted by atomic mass is 14.7. The second kappa shape index (κ2) is 12.5. The summed E-state index contributed by atoms with van der Waals surface area (Å²) in [5.41, 5.74) is 19.2. The van der Waals surface area contributed by atoms with Crippen molar-refractivity contribution in [3.8, 4) is 78.1 Å². The Balaban J connectivity index is 1.21. The van der Waals surface area contributed by atoms with Crippen LogP contribution in [0.3, 0.4) is 0 Å². The summed E-state index contributed by atoms with van der Waals surface area (Å²) in [7, 11) is 0. The Bertz CT molecular complexity index is 2470. The Hall–Kier alpha value is -6.31. The Morgan fingerprint density at radius 1 is 0.314 bits per heavy atom. The van der Waals surface area contributed by atoms with Gasteiger partial charge in [0, 0.05) is 16.5 Å². The van der Waals surface area contributed by atoms with Gasteiger partial charge in [0.25, 0.3) is 0 Å². The van der Waals surface area contributed by atoms with E-state index < -0.39 is 0 Å². The average Bonchev–Trinajstić information content (AvgIpc) is 3.44. The van der Waals surface area contributed by atoms with E-state index in [4.69, 9.17) is 4.98 Å². The van der Waals surface area contributed by atoms with Crippen molar-refractivity contribution >= 4 is 0 Å². The smallest absolute Gasteiger partial charge is 0.0715 e. The van der Waals surface area contributed by atoms with Gasteiger partial charge < -0.3 is 0 Å². The summed E-state index contributed by atoms with van der Waals surface area (Å²) in [6, 6.07) is 67.9. The zero-order valence-electron chi connectivity index (χ0n) is 28.8. The monoisotopic (exact) mass is 651 g/mol. The zero-order chi connectivity index (χ0) is 34.4. The van der Waals surface area contributed by atoms with Crippen LogP contribution in [0.2, 0.25) is 0 Å². The normalized spacial score (nSPS) is 12.7. The summed E-state index contributed by atoms with van der Waals surface area (Å²) in [6.45, 7) is 4.68. The van der Waals surface area contributed by atoms with Gasteiger partial charge in [0.05, 0.1) is 11.4 Å². The molecule has 51 heavy (non-hydrogen) atoms. The van der Waals surface area contributed by atoms with Crippen molar-refractivity contribution < 1.29 is 0 Å². The maximum absolute atomic E-state index is 5.13. The van der Waals surface area contributed by atoms with E-state index in [0.717, 1.165) is 33.6 Å². The molecule has 8 aromatic rings. The Labute approximate surface area is 300 Å². The number of nitrogens with zero attached hydrogens (tertiary/aromatic N) is 1. The maximum atomic E-state index is 5.13. The van der Waals surface area contributed by atoms with Crippen LogP contribution in [-0.4, -0.2) is 4.98 Å². The van der Waals surface area contributed by atoms with Crippen LogP contribution in [0.5, 0.6) is 0 Å². The predicted molar refractivity (Wildman–Crippen MR) is 214 cm³/mol. The minimum absolute atomic E-state index is 0.0251. The van der Waals surface area contributed by atoms with E-state index in [1.54, 1.807) is 0 Å². The predicted octanol–water partition coefficient (Wildman–Crippen LogP) is 13.4. The molecule has 0 amide bonds. The molecule has 0 N–H and O–H groups in total. The van der Waals surface area contributed by atoms with E-state index in [2.05, 4.69) is 202 Å². The highest BCUT2D eigenvalue weighted by Crippen LogP contribution is 2.50. The minimum Gasteiger partial charge on any atom is -0.248 e. The van der Waals surface area contributed by atoms with Crippen LogP contribution < -0.4 is 0 Å². The van der Waals surface area contributed by atoms with Crippen LogP contribution in [0, 0.1) is 0 Å². The lowest BCUT2D eigenvalue weighted by Gasteiger charge is -2.22. The van der Waals surface area contributed by atoms with Crippen molar-refractivity contribution in [2.24, 2.45) is 0 Å². The number of hydrogen-bond acceptors (Lipinski definition) is 1. The van der Waals surface area contributed by atoms with Gasteiger partial charge in [-0.2, -0.15) is 0 Å². The molecule has 0 bridgehead atoms. The molecule has 0 saturated heterocycles. The fraction of sp³-hybridized carbons (Fsp3) is 0.0600. The van der Waals surface area contributed by atoms with Gasteiger partial charge in [0.2, 0.25) is 0 Å². The van der Waals surface area contributed by atoms with E-state index in [-0.39, 0.29) is 5.41 Å². The first-order valence-electron chi connectivity index (χ1n) is 17.7. The van der Waals surface area contributed by atoms with Gasteiger partial charge in [0.15, 0.2) is 0 Å². The SMILES string of the molecule is CC1(C)c2ccccc2-c2cc(-c3cccc(-c4cccc(-c5cc(-c6ccccc6)nc(-c6ccccc6)c5)c4)c3-c3ccccc3)ccc21. The fourth-order valence-electron chi connectivity index (χ4n) is 7.91. The minimum atomic E-state index is -0.0251. The first kappa shape index (κ1) is 30.7. The molecular weight excluding hydrogens is 615 g/mol. The third kappa shape index (κ3) is 5.48. The van der Waals surface area contributed by atoms with Crippen LogP contribution in [-0.2, 0) is 5.41 Å². The summed E-state index contributed by atoms with van der Waals surface area (Å²) < 4.78 is 0. The van der Waals surface area contributed by atoms with E-state index >= 15 is 0 Å². The van der Waals surface area contributed by atoms with Gasteiger partial charge >= 0.3 is 0 Å². The molecule has 0 unspecified atom stereocenters. The number of aromatic nitrogens is 1. The third-order valence-electron chi connectivity index (χ3n) is 10.5. The van der Waals surface area contributed by atoms with Gasteiger partial charge in [0.1, 0.15) is 0 Å². The molecule has 1 heterocycles. The summed E-state index contributed by atoms with van der Waals surface area (Å²) in [5, 5.41) is 0. The molecule has 9 rings (SSSR count). The van der Waals surface area contributed by atoms with Gasteiger partial charge in [-0.05, 0) is 91.0 Å². The van der Waals surface area contributed by atoms with Crippen LogP contribution >= 0.6 is 0 Å². The Morgan fingerprint density at radius 2 is 0.784 bits per heavy atom. The topological polar surface area (TPSA) is 12.9 Å². The average molecular weight is 652 g/mol. The maximum Gasteiger partial charge on any atom is 0.0715 e. The number of benzene rings is 7. The quantitative estimate of drug-likeness (QED) is 0.174. The second-order valence-corrected chi connectivity index (χ2v) is 14.0. The van der Waals surface area contributed by atoms with Crippen LogP contribution in [0.25, 0.3) is 78.1 Å². The molecule has 1 aromatic heterocycles. The first-order valence-corrected chi connectivity index (χ1v) is 17.7. The van der Waals surface area contributed by atoms with Crippen LogP contribution in [0.1, 0.15) is 25.0 Å². The highest BCUT2D eigenvalue weighted by molar-refractivity contribution is 5.97. The van der Waals surface area contributed by atoms with Crippen molar-refractivity contribution in [3.05, 3.63) is 199 Å². The number of rotatable bonds is 6. The molecule has 242 valence electrons. The van der Waals surface area contributed by atoms with Gasteiger partial charge in [-0.25, -0.2) is 4.98 Å². The van der Waals surface area contributed by atoms with E-state index in [1.807, 2.05) is 0 Å². The molecule has 0 radical (unpaired) electrons. The van der Waals surface area contributed by atoms with Crippen molar-refractivity contribution in [2.75, 3.05) is 0 Å². The first-order chi connectivity index (χ1) is 25.0. The van der Waals surface area contributed by atoms with Crippen molar-refractivity contribution in [1.29, 1.82) is 0 Å². The van der Waals surface area contributed by atoms with Gasteiger partial charge in [-0.15, -0.1) is 0 Å². The molecule has 0 fully saturated rings. The molecule has 1 aliphatic carbocycles. The fourth-order valence-corrected chi connectivity index (χ4v) is 7.91. The van der Waals surface area contributed by atoms with Crippen molar-refractivity contribution in [3.63, 3.8) is 0 Å². The standard InChI is InChI=1S/C50H37N/c1-50(2)45-27-13-12-24-43(45)44-31-39(28-29-46(44)50)42-26-15-25-41(49(42)36-20-10-5-11-21-36)38-23-14-22-37(30-38)40-32-47(34-16-6-3-7-17-34)51-48(33-40)35-18-8-4-9-19-35/h3-33H,1-2H3. The number of fused-ring (bicyclic) bond motifs is 3. The molecule has 0 spiro atoms. The van der Waals surface area contributed by atoms with E-state index in [9.17, 15) is 0 Å². The summed E-state index contributed by atoms with van der Waals surface area (Å²) in [4.78, 5) is 5.13. The lowest BCUT2D eigenvalue weighted by atomic mass is 9.81. The molecule has 1 aliphatic rings. The highest BCUT2D eigenvalue weighted by Gasteiger charge is 2.35. The number of pyridine rings is 1. The molecule has 0 saturated carbocycles. The van der Waals surface area contributed by atoms with E-state index in [1.165, 1.54) is 55.6 Å². The zero-order valence-corrected chi connectivity index (χ0v) is 28.8. The van der Waals surface area contributed by atoms with Gasteiger partial charge in [-0.1, -0.05) is 178 Å². The van der Waals surface area contributed by atoms with Gasteiger partial charge in [-0.3, -0.25) is 0 Å². The summed E-state index contributed by atoms with van der Waals surface area (Å²) in [6.07, 6.45) is 0. The Kier molecular flexibility index (Phi) is 7.55. The van der Waals surface area contributed by atoms with E-state index in [0.29, 0.717) is 0 Å². The third-order valence-corrected chi connectivity index (χ3v) is 10.5. The lowest BCUT2D eigenvalue weighted by Crippen LogP contribution is -2.14. The van der Waals surface area contributed by atoms with Crippen molar-refractivity contribution in [2.45, 2.75) is 19.3 Å². The molecule has 0 aliphatic heterocycles. The lowest BCUT2D eigenvalue weighted by molar-refractivity contribution is 0.660. The summed E-state index contributed by atoms with van der Waals surface area (Å²) in [5.74, 6) is 0. The molecular formula is C50H37N. The summed E-state index contributed by atoms with van der Waals surface area (Å²) >= 11 is 0. The Morgan fingerprint density at radius 3 is 1.43 bits per heavy atom. The second-order valence-electron chi connectivity index (χ2n) is 14.0. The van der Waals surface area contributed by atoms with Crippen LogP contribution in [0.15, 0.2) is 188 Å². The molecule has 1 heteroatoms. The number of hydrogen-bond donors (Lipinski definition) is 0. The van der Waals surface area contributed by atoms with Crippen LogP contribution in [0.4, 0.5) is 0 Å². The molecule has 7 aromatic carbocycles. The molecule has 0 atom stereocenters. The van der Waals surface area contributed by atoms with Crippen molar-refractivity contribution in [1.82, 2.24) is 4.98 Å². The largest absolute Gasteiger partial charge is 0.248 e.